The van der Waals surface area contributed by atoms with Crippen LogP contribution in [0.5, 0.6) is 0 Å². The van der Waals surface area contributed by atoms with E-state index < -0.39 is 22.1 Å². The number of esters is 1. The van der Waals surface area contributed by atoms with E-state index in [1.807, 2.05) is 24.3 Å². The average molecular weight is 499 g/mol. The molecule has 3 aromatic carbocycles. The predicted octanol–water partition coefficient (Wildman–Crippen LogP) is 4.30. The van der Waals surface area contributed by atoms with Gasteiger partial charge in [0.1, 0.15) is 0 Å². The maximum Gasteiger partial charge on any atom is 0.340 e. The third-order valence-corrected chi connectivity index (χ3v) is 7.83. The van der Waals surface area contributed by atoms with Gasteiger partial charge in [-0.05, 0) is 55.3 Å². The summed E-state index contributed by atoms with van der Waals surface area (Å²) in [5.41, 5.74) is 2.18. The van der Waals surface area contributed by atoms with Crippen LogP contribution in [0.3, 0.4) is 0 Å². The normalized spacial score (nSPS) is 13.8. The summed E-state index contributed by atoms with van der Waals surface area (Å²) in [4.78, 5) is 27.3. The fraction of sp³-hybridized carbons (Fsp3) is 0.200. The van der Waals surface area contributed by atoms with Crippen molar-refractivity contribution in [3.8, 4) is 0 Å². The van der Waals surface area contributed by atoms with Crippen LogP contribution in [0.25, 0.3) is 0 Å². The first-order valence-corrected chi connectivity index (χ1v) is 12.5. The Balaban J connectivity index is 1.54. The number of anilines is 2. The summed E-state index contributed by atoms with van der Waals surface area (Å²) in [5, 5.41) is 0.0254. The summed E-state index contributed by atoms with van der Waals surface area (Å²) in [6.07, 6.45) is -0.356. The van der Waals surface area contributed by atoms with E-state index in [2.05, 4.69) is 0 Å². The van der Waals surface area contributed by atoms with Crippen molar-refractivity contribution in [1.82, 2.24) is 0 Å². The Kier molecular flexibility index (Phi) is 6.63. The summed E-state index contributed by atoms with van der Waals surface area (Å²) in [7, 11) is -2.54. The number of nitrogens with zero attached hydrogens (tertiary/aromatic N) is 2. The number of carbonyl (C=O) groups is 2. The lowest BCUT2D eigenvalue weighted by molar-refractivity contribution is -0.126. The fourth-order valence-corrected chi connectivity index (χ4v) is 5.23. The highest BCUT2D eigenvalue weighted by molar-refractivity contribution is 7.92. The molecule has 3 aromatic rings. The second-order valence-corrected chi connectivity index (χ2v) is 10.2. The third-order valence-electron chi connectivity index (χ3n) is 5.72. The first-order valence-electron chi connectivity index (χ1n) is 10.6. The summed E-state index contributed by atoms with van der Waals surface area (Å²) in [6.45, 7) is 1.99. The Bertz CT molecular complexity index is 1340. The SMILES string of the molecule is C[C@H](OC(=O)c1cc(S(=O)(=O)N(C)c2ccccc2)ccc1Cl)C(=O)N1CCc2ccccc21. The van der Waals surface area contributed by atoms with E-state index in [-0.39, 0.29) is 21.4 Å². The predicted molar refractivity (Wildman–Crippen MR) is 131 cm³/mol. The smallest absolute Gasteiger partial charge is 0.340 e. The Labute approximate surface area is 203 Å². The van der Waals surface area contributed by atoms with Gasteiger partial charge in [-0.25, -0.2) is 13.2 Å². The van der Waals surface area contributed by atoms with E-state index in [0.717, 1.165) is 22.0 Å². The molecule has 4 rings (SSSR count). The maximum absolute atomic E-state index is 13.1. The van der Waals surface area contributed by atoms with Crippen LogP contribution in [0.15, 0.2) is 77.7 Å². The second-order valence-electron chi connectivity index (χ2n) is 7.87. The Morgan fingerprint density at radius 3 is 2.44 bits per heavy atom. The highest BCUT2D eigenvalue weighted by Crippen LogP contribution is 2.29. The number of para-hydroxylation sites is 2. The highest BCUT2D eigenvalue weighted by atomic mass is 35.5. The molecule has 1 aliphatic heterocycles. The Morgan fingerprint density at radius 2 is 1.71 bits per heavy atom. The van der Waals surface area contributed by atoms with Crippen LogP contribution in [0.1, 0.15) is 22.8 Å². The second kappa shape index (κ2) is 9.48. The van der Waals surface area contributed by atoms with Gasteiger partial charge in [0, 0.05) is 19.3 Å². The van der Waals surface area contributed by atoms with Crippen molar-refractivity contribution in [2.45, 2.75) is 24.3 Å². The van der Waals surface area contributed by atoms with E-state index in [4.69, 9.17) is 16.3 Å². The first kappa shape index (κ1) is 23.8. The zero-order valence-electron chi connectivity index (χ0n) is 18.6. The van der Waals surface area contributed by atoms with Gasteiger partial charge in [-0.2, -0.15) is 0 Å². The van der Waals surface area contributed by atoms with Crippen molar-refractivity contribution in [2.75, 3.05) is 22.8 Å². The lowest BCUT2D eigenvalue weighted by Crippen LogP contribution is -2.39. The number of fused-ring (bicyclic) bond motifs is 1. The van der Waals surface area contributed by atoms with Gasteiger partial charge in [-0.3, -0.25) is 9.10 Å². The summed E-state index contributed by atoms with van der Waals surface area (Å²) in [6, 6.07) is 19.9. The molecule has 1 aliphatic rings. The number of ether oxygens (including phenoxy) is 1. The van der Waals surface area contributed by atoms with Gasteiger partial charge in [-0.1, -0.05) is 48.0 Å². The van der Waals surface area contributed by atoms with Crippen LogP contribution in [-0.2, 0) is 26.0 Å². The van der Waals surface area contributed by atoms with Crippen LogP contribution < -0.4 is 9.21 Å². The molecule has 34 heavy (non-hydrogen) atoms. The molecule has 1 heterocycles. The standard InChI is InChI=1S/C25H23ClN2O5S/c1-17(24(29)28-15-14-18-8-6-7-11-23(18)28)33-25(30)21-16-20(12-13-22(21)26)34(31,32)27(2)19-9-4-3-5-10-19/h3-13,16-17H,14-15H2,1-2H3/t17-/m0/s1. The molecule has 1 atom stereocenters. The molecule has 176 valence electrons. The zero-order chi connectivity index (χ0) is 24.5. The van der Waals surface area contributed by atoms with E-state index >= 15 is 0 Å². The molecule has 0 bridgehead atoms. The Hall–Kier alpha value is -3.36. The van der Waals surface area contributed by atoms with Gasteiger partial charge in [0.05, 0.1) is 21.2 Å². The van der Waals surface area contributed by atoms with Crippen molar-refractivity contribution in [3.05, 3.63) is 88.9 Å². The molecule has 0 aromatic heterocycles. The Morgan fingerprint density at radius 1 is 1.03 bits per heavy atom. The molecule has 0 radical (unpaired) electrons. The van der Waals surface area contributed by atoms with E-state index in [1.54, 1.807) is 35.2 Å². The number of hydrogen-bond acceptors (Lipinski definition) is 5. The number of halogens is 1. The van der Waals surface area contributed by atoms with Crippen LogP contribution >= 0.6 is 11.6 Å². The largest absolute Gasteiger partial charge is 0.449 e. The molecular weight excluding hydrogens is 476 g/mol. The number of benzene rings is 3. The van der Waals surface area contributed by atoms with Gasteiger partial charge in [0.25, 0.3) is 15.9 Å². The lowest BCUT2D eigenvalue weighted by Gasteiger charge is -2.22. The van der Waals surface area contributed by atoms with Gasteiger partial charge in [0.2, 0.25) is 0 Å². The summed E-state index contributed by atoms with van der Waals surface area (Å²) in [5.74, 6) is -1.24. The molecule has 0 saturated heterocycles. The molecule has 0 N–H and O–H groups in total. The van der Waals surface area contributed by atoms with E-state index in [0.29, 0.717) is 12.2 Å². The number of hydrogen-bond donors (Lipinski definition) is 0. The van der Waals surface area contributed by atoms with Gasteiger partial charge in [-0.15, -0.1) is 0 Å². The maximum atomic E-state index is 13.1. The molecule has 9 heteroatoms. The number of carbonyl (C=O) groups excluding carboxylic acids is 2. The fourth-order valence-electron chi connectivity index (χ4n) is 3.82. The molecule has 1 amide bonds. The zero-order valence-corrected chi connectivity index (χ0v) is 20.2. The van der Waals surface area contributed by atoms with Crippen molar-refractivity contribution in [1.29, 1.82) is 0 Å². The molecule has 7 nitrogen and oxygen atoms in total. The van der Waals surface area contributed by atoms with Gasteiger partial charge >= 0.3 is 5.97 Å². The molecular formula is C25H23ClN2O5S. The first-order chi connectivity index (χ1) is 16.2. The van der Waals surface area contributed by atoms with Crippen molar-refractivity contribution >= 4 is 44.9 Å². The molecule has 0 saturated carbocycles. The minimum absolute atomic E-state index is 0.0254. The monoisotopic (exact) mass is 498 g/mol. The topological polar surface area (TPSA) is 84.0 Å². The quantitative estimate of drug-likeness (QED) is 0.473. The summed E-state index contributed by atoms with van der Waals surface area (Å²) >= 11 is 6.19. The van der Waals surface area contributed by atoms with Crippen molar-refractivity contribution in [3.63, 3.8) is 0 Å². The van der Waals surface area contributed by atoms with Crippen LogP contribution in [0.2, 0.25) is 5.02 Å². The third kappa shape index (κ3) is 4.51. The number of rotatable bonds is 6. The van der Waals surface area contributed by atoms with Crippen molar-refractivity contribution < 1.29 is 22.7 Å². The molecule has 0 fully saturated rings. The van der Waals surface area contributed by atoms with E-state index in [9.17, 15) is 18.0 Å². The minimum Gasteiger partial charge on any atom is -0.449 e. The number of sulfonamides is 1. The van der Waals surface area contributed by atoms with Crippen LogP contribution in [-0.4, -0.2) is 40.0 Å². The van der Waals surface area contributed by atoms with Crippen molar-refractivity contribution in [2.24, 2.45) is 0 Å². The van der Waals surface area contributed by atoms with E-state index in [1.165, 1.54) is 32.2 Å². The average Bonchev–Trinajstić information content (AvgIpc) is 3.27. The molecule has 0 spiro atoms. The lowest BCUT2D eigenvalue weighted by atomic mass is 10.2. The van der Waals surface area contributed by atoms with Gasteiger partial charge in [0.15, 0.2) is 6.10 Å². The minimum atomic E-state index is -3.96. The highest BCUT2D eigenvalue weighted by Gasteiger charge is 2.31. The summed E-state index contributed by atoms with van der Waals surface area (Å²) < 4.78 is 32.7. The molecule has 0 unspecified atom stereocenters. The van der Waals surface area contributed by atoms with Crippen LogP contribution in [0.4, 0.5) is 11.4 Å². The van der Waals surface area contributed by atoms with Crippen LogP contribution in [0, 0.1) is 0 Å². The molecule has 0 aliphatic carbocycles. The number of amides is 1. The van der Waals surface area contributed by atoms with Gasteiger partial charge < -0.3 is 9.64 Å².